The van der Waals surface area contributed by atoms with Gasteiger partial charge in [0.15, 0.2) is 5.82 Å². The van der Waals surface area contributed by atoms with Crippen LogP contribution in [0, 0.1) is 18.3 Å². The highest BCUT2D eigenvalue weighted by molar-refractivity contribution is 5.66. The average molecular weight is 459 g/mol. The molecule has 1 aromatic carbocycles. The lowest BCUT2D eigenvalue weighted by atomic mass is 10.1. The molecule has 34 heavy (non-hydrogen) atoms. The van der Waals surface area contributed by atoms with Crippen molar-refractivity contribution >= 4 is 5.82 Å². The molecule has 1 N–H and O–H groups in total. The molecule has 0 atom stereocenters. The third-order valence-electron chi connectivity index (χ3n) is 5.36. The number of aromatic nitrogens is 3. The van der Waals surface area contributed by atoms with Gasteiger partial charge < -0.3 is 19.7 Å². The molecule has 1 saturated heterocycles. The lowest BCUT2D eigenvalue weighted by molar-refractivity contribution is 0.122. The quantitative estimate of drug-likeness (QED) is 0.586. The van der Waals surface area contributed by atoms with E-state index in [9.17, 15) is 5.26 Å². The molecular weight excluding hydrogens is 428 g/mol. The maximum atomic E-state index is 9.44. The zero-order valence-electron chi connectivity index (χ0n) is 20.1. The number of hydrogen-bond acceptors (Lipinski definition) is 8. The molecule has 0 unspecified atom stereocenters. The van der Waals surface area contributed by atoms with Crippen molar-refractivity contribution in [1.82, 2.24) is 20.3 Å². The van der Waals surface area contributed by atoms with Crippen molar-refractivity contribution in [3.63, 3.8) is 0 Å². The second kappa shape index (κ2) is 10.2. The monoisotopic (exact) mass is 458 g/mol. The minimum absolute atomic E-state index is 0.00948. The molecule has 0 radical (unpaired) electrons. The summed E-state index contributed by atoms with van der Waals surface area (Å²) in [6.07, 6.45) is 3.63. The van der Waals surface area contributed by atoms with Gasteiger partial charge in [0.2, 0.25) is 0 Å². The number of morpholine rings is 1. The van der Waals surface area contributed by atoms with Gasteiger partial charge >= 0.3 is 0 Å². The van der Waals surface area contributed by atoms with Crippen molar-refractivity contribution in [1.29, 1.82) is 5.26 Å². The molecule has 1 fully saturated rings. The lowest BCUT2D eigenvalue weighted by Gasteiger charge is -2.28. The number of hydrogen-bond donors (Lipinski definition) is 1. The van der Waals surface area contributed by atoms with Crippen LogP contribution in [0.2, 0.25) is 0 Å². The Morgan fingerprint density at radius 2 is 1.85 bits per heavy atom. The van der Waals surface area contributed by atoms with Gasteiger partial charge in [-0.1, -0.05) is 0 Å². The first-order valence-electron chi connectivity index (χ1n) is 11.4. The van der Waals surface area contributed by atoms with E-state index < -0.39 is 0 Å². The summed E-state index contributed by atoms with van der Waals surface area (Å²) >= 11 is 0. The van der Waals surface area contributed by atoms with Crippen LogP contribution in [-0.2, 0) is 11.3 Å². The summed E-state index contributed by atoms with van der Waals surface area (Å²) in [4.78, 5) is 16.0. The van der Waals surface area contributed by atoms with E-state index in [0.29, 0.717) is 42.6 Å². The molecule has 0 spiro atoms. The van der Waals surface area contributed by atoms with E-state index in [-0.39, 0.29) is 5.54 Å². The Kier molecular flexibility index (Phi) is 7.06. The van der Waals surface area contributed by atoms with E-state index in [1.807, 2.05) is 37.5 Å². The van der Waals surface area contributed by atoms with Gasteiger partial charge in [-0.3, -0.25) is 0 Å². The fourth-order valence-electron chi connectivity index (χ4n) is 3.57. The number of nitrogens with one attached hydrogen (secondary N) is 1. The number of benzene rings is 1. The molecule has 2 aromatic heterocycles. The molecule has 8 nitrogen and oxygen atoms in total. The standard InChI is InChI=1S/C26H30N6O2/c1-18-11-21(13-24(31-18)32-7-9-33-10-8-32)34-23-12-19(14-27)5-6-22(23)25-28-15-20(16-29-25)17-30-26(2,3)4/h5-6,11-13,15-16,30H,7-10,17H2,1-4H3. The molecule has 3 aromatic rings. The van der Waals surface area contributed by atoms with E-state index >= 15 is 0 Å². The van der Waals surface area contributed by atoms with Gasteiger partial charge in [-0.2, -0.15) is 5.26 Å². The Morgan fingerprint density at radius 3 is 2.53 bits per heavy atom. The van der Waals surface area contributed by atoms with E-state index in [1.54, 1.807) is 12.1 Å². The van der Waals surface area contributed by atoms with E-state index in [1.165, 1.54) is 0 Å². The van der Waals surface area contributed by atoms with Gasteiger partial charge in [0.1, 0.15) is 17.3 Å². The van der Waals surface area contributed by atoms with Crippen LogP contribution in [0.3, 0.4) is 0 Å². The average Bonchev–Trinajstić information content (AvgIpc) is 2.83. The van der Waals surface area contributed by atoms with Gasteiger partial charge in [-0.25, -0.2) is 15.0 Å². The minimum Gasteiger partial charge on any atom is -0.456 e. The highest BCUT2D eigenvalue weighted by Crippen LogP contribution is 2.34. The molecule has 0 aliphatic carbocycles. The van der Waals surface area contributed by atoms with E-state index in [0.717, 1.165) is 35.7 Å². The summed E-state index contributed by atoms with van der Waals surface area (Å²) in [6.45, 7) is 11.9. The summed E-state index contributed by atoms with van der Waals surface area (Å²) in [5.74, 6) is 2.57. The maximum Gasteiger partial charge on any atom is 0.162 e. The molecule has 1 aliphatic rings. The molecule has 0 amide bonds. The second-order valence-corrected chi connectivity index (χ2v) is 9.35. The Morgan fingerprint density at radius 1 is 1.12 bits per heavy atom. The number of anilines is 1. The first-order valence-corrected chi connectivity index (χ1v) is 11.4. The summed E-state index contributed by atoms with van der Waals surface area (Å²) in [5.41, 5.74) is 3.08. The number of nitriles is 1. The van der Waals surface area contributed by atoms with Crippen LogP contribution < -0.4 is 15.0 Å². The number of rotatable bonds is 6. The molecular formula is C26H30N6O2. The second-order valence-electron chi connectivity index (χ2n) is 9.35. The molecule has 176 valence electrons. The van der Waals surface area contributed by atoms with Gasteiger partial charge in [0, 0.05) is 61.0 Å². The number of aryl methyl sites for hydroxylation is 1. The molecule has 3 heterocycles. The summed E-state index contributed by atoms with van der Waals surface area (Å²) in [7, 11) is 0. The van der Waals surface area contributed by atoms with Crippen molar-refractivity contribution < 1.29 is 9.47 Å². The maximum absolute atomic E-state index is 9.44. The summed E-state index contributed by atoms with van der Waals surface area (Å²) in [6, 6.07) is 11.3. The van der Waals surface area contributed by atoms with Gasteiger partial charge in [0.05, 0.1) is 30.4 Å². The largest absolute Gasteiger partial charge is 0.456 e. The van der Waals surface area contributed by atoms with Crippen LogP contribution in [0.15, 0.2) is 42.7 Å². The first-order chi connectivity index (χ1) is 16.3. The van der Waals surface area contributed by atoms with E-state index in [2.05, 4.69) is 52.0 Å². The molecule has 0 bridgehead atoms. The summed E-state index contributed by atoms with van der Waals surface area (Å²) in [5, 5.41) is 12.9. The first kappa shape index (κ1) is 23.6. The Balaban J connectivity index is 1.62. The molecule has 8 heteroatoms. The van der Waals surface area contributed by atoms with Crippen molar-refractivity contribution in [2.45, 2.75) is 39.8 Å². The Labute approximate surface area is 200 Å². The number of nitrogens with zero attached hydrogens (tertiary/aromatic N) is 5. The highest BCUT2D eigenvalue weighted by Gasteiger charge is 2.17. The zero-order valence-corrected chi connectivity index (χ0v) is 20.1. The van der Waals surface area contributed by atoms with Gasteiger partial charge in [-0.05, 0) is 45.9 Å². The third kappa shape index (κ3) is 6.07. The number of ether oxygens (including phenoxy) is 2. The zero-order chi connectivity index (χ0) is 24.1. The topological polar surface area (TPSA) is 96.2 Å². The van der Waals surface area contributed by atoms with Crippen molar-refractivity contribution in [3.05, 3.63) is 59.5 Å². The fraction of sp³-hybridized carbons (Fsp3) is 0.385. The lowest BCUT2D eigenvalue weighted by Crippen LogP contribution is -2.36. The SMILES string of the molecule is Cc1cc(Oc2cc(C#N)ccc2-c2ncc(CNC(C)(C)C)cn2)cc(N2CCOCC2)n1. The van der Waals surface area contributed by atoms with Crippen molar-refractivity contribution in [3.8, 4) is 29.0 Å². The Hall–Kier alpha value is -3.54. The van der Waals surface area contributed by atoms with Crippen molar-refractivity contribution in [2.75, 3.05) is 31.2 Å². The van der Waals surface area contributed by atoms with Crippen molar-refractivity contribution in [2.24, 2.45) is 0 Å². The predicted molar refractivity (Wildman–Crippen MR) is 131 cm³/mol. The van der Waals surface area contributed by atoms with Gasteiger partial charge in [-0.15, -0.1) is 0 Å². The molecule has 4 rings (SSSR count). The smallest absolute Gasteiger partial charge is 0.162 e. The van der Waals surface area contributed by atoms with Crippen LogP contribution in [0.4, 0.5) is 5.82 Å². The normalized spacial score (nSPS) is 14.0. The van der Waals surface area contributed by atoms with Crippen LogP contribution in [0.1, 0.15) is 37.6 Å². The van der Waals surface area contributed by atoms with Gasteiger partial charge in [0.25, 0.3) is 0 Å². The van der Waals surface area contributed by atoms with E-state index in [4.69, 9.17) is 9.47 Å². The fourth-order valence-corrected chi connectivity index (χ4v) is 3.57. The molecule has 1 aliphatic heterocycles. The van der Waals surface area contributed by atoms with Crippen LogP contribution in [0.25, 0.3) is 11.4 Å². The highest BCUT2D eigenvalue weighted by atomic mass is 16.5. The third-order valence-corrected chi connectivity index (χ3v) is 5.36. The Bertz CT molecular complexity index is 1180. The minimum atomic E-state index is 0.00948. The van der Waals surface area contributed by atoms with Crippen LogP contribution in [0.5, 0.6) is 11.5 Å². The summed E-state index contributed by atoms with van der Waals surface area (Å²) < 4.78 is 11.8. The van der Waals surface area contributed by atoms with Crippen LogP contribution in [-0.4, -0.2) is 46.8 Å². The van der Waals surface area contributed by atoms with Crippen LogP contribution >= 0.6 is 0 Å². The predicted octanol–water partition coefficient (Wildman–Crippen LogP) is 4.24. The number of pyridine rings is 1. The molecule has 0 saturated carbocycles.